The third-order valence-electron chi connectivity index (χ3n) is 6.46. The highest BCUT2D eigenvalue weighted by Crippen LogP contribution is 2.34. The average molecular weight is 400 g/mol. The lowest BCUT2D eigenvalue weighted by molar-refractivity contribution is -0.124. The SMILES string of the molecule is CCC(=O)NC1(N2CCC(COc3ccc(F)c4c3CCC4)CC2)C=CN=CC1. The largest absolute Gasteiger partial charge is 0.493 e. The topological polar surface area (TPSA) is 53.9 Å². The molecule has 1 aromatic rings. The summed E-state index contributed by atoms with van der Waals surface area (Å²) in [5.41, 5.74) is 1.45. The number of amides is 1. The van der Waals surface area contributed by atoms with E-state index in [9.17, 15) is 9.18 Å². The van der Waals surface area contributed by atoms with Crippen LogP contribution in [0.15, 0.2) is 29.4 Å². The van der Waals surface area contributed by atoms with Crippen LogP contribution >= 0.6 is 0 Å². The van der Waals surface area contributed by atoms with Crippen LogP contribution in [0.2, 0.25) is 0 Å². The third-order valence-corrected chi connectivity index (χ3v) is 6.46. The number of benzene rings is 1. The Morgan fingerprint density at radius 1 is 1.31 bits per heavy atom. The van der Waals surface area contributed by atoms with Crippen molar-refractivity contribution < 1.29 is 13.9 Å². The van der Waals surface area contributed by atoms with Gasteiger partial charge in [-0.2, -0.15) is 0 Å². The van der Waals surface area contributed by atoms with Gasteiger partial charge in [-0.1, -0.05) is 6.92 Å². The minimum absolute atomic E-state index is 0.0561. The highest BCUT2D eigenvalue weighted by Gasteiger charge is 2.38. The molecule has 0 radical (unpaired) electrons. The van der Waals surface area contributed by atoms with Crippen LogP contribution in [0.3, 0.4) is 0 Å². The van der Waals surface area contributed by atoms with Crippen LogP contribution in [-0.4, -0.2) is 42.4 Å². The smallest absolute Gasteiger partial charge is 0.221 e. The van der Waals surface area contributed by atoms with Crippen LogP contribution in [0.25, 0.3) is 0 Å². The van der Waals surface area contributed by atoms with E-state index in [1.54, 1.807) is 18.3 Å². The molecule has 1 aliphatic carbocycles. The maximum Gasteiger partial charge on any atom is 0.221 e. The molecule has 4 rings (SSSR count). The first-order valence-corrected chi connectivity index (χ1v) is 10.8. The van der Waals surface area contributed by atoms with E-state index < -0.39 is 5.66 Å². The van der Waals surface area contributed by atoms with Gasteiger partial charge in [-0.25, -0.2) is 4.39 Å². The molecule has 2 aliphatic heterocycles. The Morgan fingerprint density at radius 2 is 2.10 bits per heavy atom. The number of ether oxygens (including phenoxy) is 1. The van der Waals surface area contributed by atoms with Gasteiger partial charge in [0.15, 0.2) is 0 Å². The molecule has 29 heavy (non-hydrogen) atoms. The second-order valence-corrected chi connectivity index (χ2v) is 8.28. The van der Waals surface area contributed by atoms with E-state index in [1.807, 2.05) is 19.2 Å². The number of halogens is 1. The fourth-order valence-corrected chi connectivity index (χ4v) is 4.69. The first kappa shape index (κ1) is 20.1. The first-order valence-electron chi connectivity index (χ1n) is 10.8. The summed E-state index contributed by atoms with van der Waals surface area (Å²) in [4.78, 5) is 18.6. The monoisotopic (exact) mass is 399 g/mol. The Hall–Kier alpha value is -2.21. The van der Waals surface area contributed by atoms with Gasteiger partial charge in [0.25, 0.3) is 0 Å². The molecule has 1 aromatic carbocycles. The van der Waals surface area contributed by atoms with Gasteiger partial charge in [0.2, 0.25) is 5.91 Å². The van der Waals surface area contributed by atoms with E-state index in [4.69, 9.17) is 4.74 Å². The molecule has 1 amide bonds. The van der Waals surface area contributed by atoms with Crippen LogP contribution in [-0.2, 0) is 17.6 Å². The Kier molecular flexibility index (Phi) is 5.99. The van der Waals surface area contributed by atoms with Crippen molar-refractivity contribution in [1.29, 1.82) is 0 Å². The van der Waals surface area contributed by atoms with Gasteiger partial charge in [0.05, 0.1) is 6.61 Å². The molecule has 1 atom stereocenters. The summed E-state index contributed by atoms with van der Waals surface area (Å²) >= 11 is 0. The van der Waals surface area contributed by atoms with Gasteiger partial charge in [-0.15, -0.1) is 0 Å². The summed E-state index contributed by atoms with van der Waals surface area (Å²) < 4.78 is 20.1. The Morgan fingerprint density at radius 3 is 2.83 bits per heavy atom. The van der Waals surface area contributed by atoms with Crippen LogP contribution in [0.4, 0.5) is 4.39 Å². The second-order valence-electron chi connectivity index (χ2n) is 8.28. The van der Waals surface area contributed by atoms with Crippen LogP contribution in [0.5, 0.6) is 5.75 Å². The lowest BCUT2D eigenvalue weighted by Crippen LogP contribution is -2.62. The number of hydrogen-bond acceptors (Lipinski definition) is 4. The molecule has 0 saturated carbocycles. The summed E-state index contributed by atoms with van der Waals surface area (Å²) in [6.07, 6.45) is 11.6. The van der Waals surface area contributed by atoms with Crippen molar-refractivity contribution in [3.8, 4) is 5.75 Å². The van der Waals surface area contributed by atoms with E-state index >= 15 is 0 Å². The first-order chi connectivity index (χ1) is 14.1. The lowest BCUT2D eigenvalue weighted by atomic mass is 9.92. The average Bonchev–Trinajstić information content (AvgIpc) is 3.25. The van der Waals surface area contributed by atoms with Gasteiger partial charge in [-0.3, -0.25) is 14.7 Å². The zero-order chi connectivity index (χ0) is 20.3. The number of aliphatic imine (C=N–C) groups is 1. The highest BCUT2D eigenvalue weighted by atomic mass is 19.1. The number of nitrogens with zero attached hydrogens (tertiary/aromatic N) is 2. The van der Waals surface area contributed by atoms with E-state index in [0.717, 1.165) is 62.1 Å². The molecule has 1 fully saturated rings. The maximum absolute atomic E-state index is 13.9. The minimum atomic E-state index is -0.460. The molecule has 3 aliphatic rings. The van der Waals surface area contributed by atoms with E-state index in [0.29, 0.717) is 25.4 Å². The van der Waals surface area contributed by atoms with Gasteiger partial charge >= 0.3 is 0 Å². The van der Waals surface area contributed by atoms with E-state index in [-0.39, 0.29) is 11.7 Å². The van der Waals surface area contributed by atoms with Crippen molar-refractivity contribution >= 4 is 12.1 Å². The molecule has 0 spiro atoms. The molecule has 2 heterocycles. The predicted molar refractivity (Wildman–Crippen MR) is 112 cm³/mol. The third kappa shape index (κ3) is 4.22. The summed E-state index contributed by atoms with van der Waals surface area (Å²) in [5.74, 6) is 1.29. The number of likely N-dealkylation sites (tertiary alicyclic amines) is 1. The van der Waals surface area contributed by atoms with E-state index in [1.165, 1.54) is 0 Å². The highest BCUT2D eigenvalue weighted by molar-refractivity contribution is 5.78. The fraction of sp³-hybridized carbons (Fsp3) is 0.565. The summed E-state index contributed by atoms with van der Waals surface area (Å²) in [6.45, 7) is 4.34. The van der Waals surface area contributed by atoms with Gasteiger partial charge in [0.1, 0.15) is 17.2 Å². The second kappa shape index (κ2) is 8.66. The summed E-state index contributed by atoms with van der Waals surface area (Å²) in [7, 11) is 0. The van der Waals surface area contributed by atoms with Crippen molar-refractivity contribution in [1.82, 2.24) is 10.2 Å². The van der Waals surface area contributed by atoms with Crippen molar-refractivity contribution in [3.63, 3.8) is 0 Å². The van der Waals surface area contributed by atoms with E-state index in [2.05, 4.69) is 15.2 Å². The summed E-state index contributed by atoms with van der Waals surface area (Å²) in [6, 6.07) is 3.33. The quantitative estimate of drug-likeness (QED) is 0.795. The molecular weight excluding hydrogens is 369 g/mol. The molecule has 0 aromatic heterocycles. The number of nitrogens with one attached hydrogen (secondary N) is 1. The zero-order valence-electron chi connectivity index (χ0n) is 17.1. The Labute approximate surface area is 172 Å². The minimum Gasteiger partial charge on any atom is -0.493 e. The number of rotatable bonds is 6. The van der Waals surface area contributed by atoms with Crippen LogP contribution in [0.1, 0.15) is 50.2 Å². The zero-order valence-corrected chi connectivity index (χ0v) is 17.1. The molecule has 1 N–H and O–H groups in total. The molecule has 0 bridgehead atoms. The van der Waals surface area contributed by atoms with Gasteiger partial charge in [-0.05, 0) is 61.8 Å². The standard InChI is InChI=1S/C23H30FN3O2/c1-2-22(28)26-23(10-12-25-13-11-23)27-14-8-17(9-15-27)16-29-21-7-6-20(24)18-4-3-5-19(18)21/h6-7,10,12-13,17H,2-5,8-9,11,14-16H2,1H3,(H,26,28). The molecule has 6 heteroatoms. The van der Waals surface area contributed by atoms with Crippen LogP contribution < -0.4 is 10.1 Å². The van der Waals surface area contributed by atoms with Crippen molar-refractivity contribution in [2.45, 2.75) is 57.5 Å². The fourth-order valence-electron chi connectivity index (χ4n) is 4.69. The number of piperidine rings is 1. The molecule has 156 valence electrons. The molecule has 1 saturated heterocycles. The van der Waals surface area contributed by atoms with Crippen molar-refractivity contribution in [3.05, 3.63) is 41.4 Å². The number of fused-ring (bicyclic) bond motifs is 1. The number of carbonyl (C=O) groups excluding carboxylic acids is 1. The van der Waals surface area contributed by atoms with Crippen LogP contribution in [0, 0.1) is 11.7 Å². The van der Waals surface area contributed by atoms with Gasteiger partial charge in [0, 0.05) is 43.9 Å². The maximum atomic E-state index is 13.9. The van der Waals surface area contributed by atoms with Crippen molar-refractivity contribution in [2.24, 2.45) is 10.9 Å². The molecular formula is C23H30FN3O2. The van der Waals surface area contributed by atoms with Crippen molar-refractivity contribution in [2.75, 3.05) is 19.7 Å². The lowest BCUT2D eigenvalue weighted by Gasteiger charge is -2.45. The Bertz CT molecular complexity index is 815. The van der Waals surface area contributed by atoms with Gasteiger partial charge < -0.3 is 10.1 Å². The molecule has 5 nitrogen and oxygen atoms in total. The number of hydrogen-bond donors (Lipinski definition) is 1. The normalized spacial score (nSPS) is 24.5. The Balaban J connectivity index is 1.35. The number of carbonyl (C=O) groups is 1. The summed E-state index contributed by atoms with van der Waals surface area (Å²) in [5, 5.41) is 3.20. The predicted octanol–water partition coefficient (Wildman–Crippen LogP) is 3.62. The molecule has 1 unspecified atom stereocenters.